The van der Waals surface area contributed by atoms with Crippen molar-refractivity contribution < 1.29 is 9.72 Å². The van der Waals surface area contributed by atoms with Crippen LogP contribution >= 0.6 is 0 Å². The van der Waals surface area contributed by atoms with Crippen molar-refractivity contribution in [2.75, 3.05) is 10.6 Å². The maximum absolute atomic E-state index is 11.6. The summed E-state index contributed by atoms with van der Waals surface area (Å²) in [6, 6.07) is 27.3. The molecule has 2 N–H and O–H groups in total. The SMILES string of the molecule is O=C(Nc1ccccc1)Nc1ccccc1.O=[N+]([O-])Cc1ccccc1. The third kappa shape index (κ3) is 7.27. The third-order valence-corrected chi connectivity index (χ3v) is 3.22. The molecule has 0 fully saturated rings. The van der Waals surface area contributed by atoms with E-state index < -0.39 is 0 Å². The van der Waals surface area contributed by atoms with Crippen LogP contribution in [0.1, 0.15) is 5.56 Å². The largest absolute Gasteiger partial charge is 0.323 e. The third-order valence-electron chi connectivity index (χ3n) is 3.22. The van der Waals surface area contributed by atoms with Crippen molar-refractivity contribution in [1.29, 1.82) is 0 Å². The molecule has 3 aromatic rings. The maximum Gasteiger partial charge on any atom is 0.323 e. The number of hydrogen-bond acceptors (Lipinski definition) is 3. The Kier molecular flexibility index (Phi) is 7.36. The predicted molar refractivity (Wildman–Crippen MR) is 103 cm³/mol. The molecule has 6 nitrogen and oxygen atoms in total. The summed E-state index contributed by atoms with van der Waals surface area (Å²) in [5.41, 5.74) is 2.29. The number of hydrogen-bond donors (Lipinski definition) is 2. The van der Waals surface area contributed by atoms with Crippen LogP contribution in [0, 0.1) is 10.1 Å². The molecule has 3 rings (SSSR count). The summed E-state index contributed by atoms with van der Waals surface area (Å²) in [6.07, 6.45) is 0. The van der Waals surface area contributed by atoms with E-state index in [-0.39, 0.29) is 17.5 Å². The van der Waals surface area contributed by atoms with E-state index in [1.54, 1.807) is 24.3 Å². The van der Waals surface area contributed by atoms with Crippen molar-refractivity contribution in [3.05, 3.63) is 107 Å². The van der Waals surface area contributed by atoms with Crippen LogP contribution < -0.4 is 10.6 Å². The Morgan fingerprint density at radius 1 is 0.731 bits per heavy atom. The van der Waals surface area contributed by atoms with E-state index in [0.717, 1.165) is 16.9 Å². The van der Waals surface area contributed by atoms with Crippen LogP contribution in [0.2, 0.25) is 0 Å². The molecule has 0 bridgehead atoms. The predicted octanol–water partition coefficient (Wildman–Crippen LogP) is 4.79. The molecule has 132 valence electrons. The van der Waals surface area contributed by atoms with Crippen molar-refractivity contribution in [3.8, 4) is 0 Å². The Morgan fingerprint density at radius 3 is 1.50 bits per heavy atom. The van der Waals surface area contributed by atoms with Gasteiger partial charge in [-0.1, -0.05) is 66.7 Å². The number of amides is 2. The van der Waals surface area contributed by atoms with Gasteiger partial charge in [-0.15, -0.1) is 0 Å². The average Bonchev–Trinajstić information content (AvgIpc) is 2.64. The standard InChI is InChI=1S/C13H12N2O.C7H7NO2/c16-13(14-11-7-3-1-4-8-11)15-12-9-5-2-6-10-12;9-8(10)6-7-4-2-1-3-5-7/h1-10H,(H2,14,15,16);1-5H,6H2. The van der Waals surface area contributed by atoms with Crippen LogP contribution in [0.15, 0.2) is 91.0 Å². The van der Waals surface area contributed by atoms with Crippen LogP contribution in [0.25, 0.3) is 0 Å². The van der Waals surface area contributed by atoms with E-state index in [0.29, 0.717) is 0 Å². The molecular weight excluding hydrogens is 330 g/mol. The Balaban J connectivity index is 0.000000209. The summed E-state index contributed by atoms with van der Waals surface area (Å²) in [5.74, 6) is 0. The number of nitrogens with one attached hydrogen (secondary N) is 2. The summed E-state index contributed by atoms with van der Waals surface area (Å²) in [4.78, 5) is 21.2. The van der Waals surface area contributed by atoms with Crippen LogP contribution in [-0.4, -0.2) is 11.0 Å². The van der Waals surface area contributed by atoms with Gasteiger partial charge in [0.05, 0.1) is 0 Å². The monoisotopic (exact) mass is 349 g/mol. The molecule has 26 heavy (non-hydrogen) atoms. The molecule has 0 saturated carbocycles. The van der Waals surface area contributed by atoms with Crippen molar-refractivity contribution in [2.45, 2.75) is 6.54 Å². The lowest BCUT2D eigenvalue weighted by molar-refractivity contribution is -0.496. The van der Waals surface area contributed by atoms with Gasteiger partial charge in [0.25, 0.3) is 0 Å². The van der Waals surface area contributed by atoms with Crippen molar-refractivity contribution in [1.82, 2.24) is 0 Å². The zero-order chi connectivity index (χ0) is 18.6. The second-order valence-corrected chi connectivity index (χ2v) is 5.29. The average molecular weight is 349 g/mol. The molecule has 6 heteroatoms. The molecule has 0 aliphatic carbocycles. The lowest BCUT2D eigenvalue weighted by atomic mass is 10.2. The first-order chi connectivity index (χ1) is 12.6. The van der Waals surface area contributed by atoms with Crippen LogP contribution in [0.5, 0.6) is 0 Å². The fourth-order valence-corrected chi connectivity index (χ4v) is 2.07. The normalized spacial score (nSPS) is 9.38. The Labute approximate surface area is 151 Å². The highest BCUT2D eigenvalue weighted by atomic mass is 16.6. The van der Waals surface area contributed by atoms with Gasteiger partial charge >= 0.3 is 6.03 Å². The summed E-state index contributed by atoms with van der Waals surface area (Å²) in [7, 11) is 0. The van der Waals surface area contributed by atoms with E-state index in [1.807, 2.05) is 66.7 Å². The molecule has 0 aromatic heterocycles. The van der Waals surface area contributed by atoms with Gasteiger partial charge in [0.15, 0.2) is 0 Å². The molecule has 0 saturated heterocycles. The zero-order valence-corrected chi connectivity index (χ0v) is 14.0. The quantitative estimate of drug-likeness (QED) is 0.524. The molecule has 0 unspecified atom stereocenters. The number of para-hydroxylation sites is 2. The van der Waals surface area contributed by atoms with Gasteiger partial charge in [-0.2, -0.15) is 0 Å². The van der Waals surface area contributed by atoms with E-state index in [1.165, 1.54) is 0 Å². The Hall–Kier alpha value is -3.67. The van der Waals surface area contributed by atoms with Gasteiger partial charge < -0.3 is 10.6 Å². The van der Waals surface area contributed by atoms with Gasteiger partial charge in [0.1, 0.15) is 0 Å². The first-order valence-electron chi connectivity index (χ1n) is 7.97. The fraction of sp³-hybridized carbons (Fsp3) is 0.0500. The lowest BCUT2D eigenvalue weighted by Gasteiger charge is -2.06. The second-order valence-electron chi connectivity index (χ2n) is 5.29. The highest BCUT2D eigenvalue weighted by Gasteiger charge is 2.00. The van der Waals surface area contributed by atoms with Gasteiger partial charge in [-0.05, 0) is 24.3 Å². The molecule has 3 aromatic carbocycles. The zero-order valence-electron chi connectivity index (χ0n) is 14.0. The van der Waals surface area contributed by atoms with Gasteiger partial charge in [-0.3, -0.25) is 10.1 Å². The van der Waals surface area contributed by atoms with Crippen LogP contribution in [0.3, 0.4) is 0 Å². The highest BCUT2D eigenvalue weighted by molar-refractivity contribution is 5.99. The van der Waals surface area contributed by atoms with E-state index >= 15 is 0 Å². The molecule has 0 spiro atoms. The molecule has 0 atom stereocenters. The summed E-state index contributed by atoms with van der Waals surface area (Å²) < 4.78 is 0. The molecule has 0 heterocycles. The number of benzene rings is 3. The van der Waals surface area contributed by atoms with Gasteiger partial charge in [-0.25, -0.2) is 4.79 Å². The molecule has 2 amide bonds. The Bertz CT molecular complexity index is 766. The number of nitro groups is 1. The first-order valence-corrected chi connectivity index (χ1v) is 7.97. The molecule has 0 radical (unpaired) electrons. The minimum absolute atomic E-state index is 0.0825. The van der Waals surface area contributed by atoms with Crippen molar-refractivity contribution in [2.24, 2.45) is 0 Å². The maximum atomic E-state index is 11.6. The van der Waals surface area contributed by atoms with E-state index in [9.17, 15) is 14.9 Å². The number of anilines is 2. The molecule has 0 aliphatic heterocycles. The number of nitrogens with zero attached hydrogens (tertiary/aromatic N) is 1. The molecule has 0 aliphatic rings. The highest BCUT2D eigenvalue weighted by Crippen LogP contribution is 2.08. The van der Waals surface area contributed by atoms with Gasteiger partial charge in [0.2, 0.25) is 6.54 Å². The summed E-state index contributed by atoms with van der Waals surface area (Å²) in [6.45, 7) is -0.0825. The van der Waals surface area contributed by atoms with E-state index in [2.05, 4.69) is 10.6 Å². The van der Waals surface area contributed by atoms with Crippen molar-refractivity contribution in [3.63, 3.8) is 0 Å². The van der Waals surface area contributed by atoms with Crippen LogP contribution in [0.4, 0.5) is 16.2 Å². The summed E-state index contributed by atoms with van der Waals surface area (Å²) >= 11 is 0. The second kappa shape index (κ2) is 10.2. The number of urea groups is 1. The topological polar surface area (TPSA) is 84.3 Å². The minimum Gasteiger partial charge on any atom is -0.308 e. The van der Waals surface area contributed by atoms with Crippen LogP contribution in [-0.2, 0) is 6.54 Å². The smallest absolute Gasteiger partial charge is 0.308 e. The number of carbonyl (C=O) groups excluding carboxylic acids is 1. The number of rotatable bonds is 4. The fourth-order valence-electron chi connectivity index (χ4n) is 2.07. The summed E-state index contributed by atoms with van der Waals surface area (Å²) in [5, 5.41) is 15.5. The van der Waals surface area contributed by atoms with E-state index in [4.69, 9.17) is 0 Å². The Morgan fingerprint density at radius 2 is 1.12 bits per heavy atom. The number of carbonyl (C=O) groups is 1. The van der Waals surface area contributed by atoms with Crippen molar-refractivity contribution >= 4 is 17.4 Å². The lowest BCUT2D eigenvalue weighted by Crippen LogP contribution is -2.19. The first kappa shape index (κ1) is 18.7. The minimum atomic E-state index is -0.338. The van der Waals surface area contributed by atoms with Gasteiger partial charge in [0, 0.05) is 21.9 Å². The molecular formula is C20H19N3O3.